The summed E-state index contributed by atoms with van der Waals surface area (Å²) in [4.78, 5) is 51.5. The number of aliphatic hydroxyl groups excluding tert-OH is 1. The zero-order chi connectivity index (χ0) is 46.2. The fraction of sp³-hybridized carbons (Fsp3) is 0.617. The van der Waals surface area contributed by atoms with Crippen molar-refractivity contribution >= 4 is 40.5 Å². The third-order valence-electron chi connectivity index (χ3n) is 11.7. The van der Waals surface area contributed by atoms with Crippen LogP contribution in [0.4, 0.5) is 5.82 Å². The average molecular weight is 920 g/mol. The molecule has 356 valence electrons. The van der Waals surface area contributed by atoms with Crippen molar-refractivity contribution in [1.82, 2.24) is 40.4 Å². The van der Waals surface area contributed by atoms with Crippen molar-refractivity contribution in [1.29, 1.82) is 0 Å². The predicted molar refractivity (Wildman–Crippen MR) is 250 cm³/mol. The number of anilines is 1. The molecule has 3 aromatic heterocycles. The van der Waals surface area contributed by atoms with E-state index in [2.05, 4.69) is 49.3 Å². The highest BCUT2D eigenvalue weighted by Gasteiger charge is 2.43. The van der Waals surface area contributed by atoms with Crippen molar-refractivity contribution in [3.05, 3.63) is 65.1 Å². The van der Waals surface area contributed by atoms with Gasteiger partial charge in [-0.05, 0) is 49.1 Å². The Morgan fingerprint density at radius 1 is 0.923 bits per heavy atom. The van der Waals surface area contributed by atoms with E-state index < -0.39 is 23.6 Å². The number of amides is 3. The normalized spacial score (nSPS) is 19.2. The minimum atomic E-state index is -0.779. The number of likely N-dealkylation sites (tertiary alicyclic amines) is 1. The van der Waals surface area contributed by atoms with Gasteiger partial charge in [-0.1, -0.05) is 58.4 Å². The fourth-order valence-electron chi connectivity index (χ4n) is 8.30. The van der Waals surface area contributed by atoms with Gasteiger partial charge in [0.25, 0.3) is 0 Å². The van der Waals surface area contributed by atoms with Crippen molar-refractivity contribution in [2.45, 2.75) is 116 Å². The largest absolute Gasteiger partial charge is 0.391 e. The lowest BCUT2D eigenvalue weighted by Gasteiger charge is -2.35. The summed E-state index contributed by atoms with van der Waals surface area (Å²) in [6, 6.07) is 11.0. The van der Waals surface area contributed by atoms with E-state index in [9.17, 15) is 19.5 Å². The van der Waals surface area contributed by atoms with Crippen LogP contribution in [-0.4, -0.2) is 144 Å². The van der Waals surface area contributed by atoms with Crippen molar-refractivity contribution in [2.75, 3.05) is 71.3 Å². The number of benzene rings is 1. The zero-order valence-electron chi connectivity index (χ0n) is 38.7. The molecule has 1 aliphatic carbocycles. The SMILES string of the molecule is CCCc1cc(N[C@@H]2CC[C@@H](NC(=O)CCOCCOCCOCCOCCNC(C(=O)N3C[C@H](O)C[C@H]3C(=O)NCc3ccc(-c4scnc4C)cc3)C(C)(C)C)C2)n2nccc2n1. The van der Waals surface area contributed by atoms with Gasteiger partial charge in [-0.2, -0.15) is 9.61 Å². The molecule has 1 saturated heterocycles. The number of aryl methyl sites for hydroxylation is 2. The van der Waals surface area contributed by atoms with Gasteiger partial charge in [0.1, 0.15) is 11.9 Å². The monoisotopic (exact) mass is 919 g/mol. The predicted octanol–water partition coefficient (Wildman–Crippen LogP) is 4.30. The molecule has 1 unspecified atom stereocenters. The van der Waals surface area contributed by atoms with E-state index >= 15 is 0 Å². The number of ether oxygens (including phenoxy) is 4. The number of β-amino-alcohol motifs (C(OH)–C–C–N with tert-alkyl or cyclic N) is 1. The molecule has 65 heavy (non-hydrogen) atoms. The summed E-state index contributed by atoms with van der Waals surface area (Å²) in [5.41, 5.74) is 6.26. The van der Waals surface area contributed by atoms with Gasteiger partial charge in [0.15, 0.2) is 5.65 Å². The molecule has 5 atom stereocenters. The second-order valence-corrected chi connectivity index (χ2v) is 18.8. The summed E-state index contributed by atoms with van der Waals surface area (Å²) in [5, 5.41) is 28.1. The Labute approximate surface area is 386 Å². The van der Waals surface area contributed by atoms with Crippen LogP contribution in [0.3, 0.4) is 0 Å². The quantitative estimate of drug-likeness (QED) is 0.0559. The van der Waals surface area contributed by atoms with Crippen LogP contribution in [0, 0.1) is 12.3 Å². The summed E-state index contributed by atoms with van der Waals surface area (Å²) in [6.45, 7) is 14.0. The fourth-order valence-corrected chi connectivity index (χ4v) is 9.11. The molecule has 5 N–H and O–H groups in total. The maximum absolute atomic E-state index is 13.9. The number of nitrogens with zero attached hydrogens (tertiary/aromatic N) is 5. The van der Waals surface area contributed by atoms with Crippen molar-refractivity contribution in [2.24, 2.45) is 5.41 Å². The molecule has 0 spiro atoms. The summed E-state index contributed by atoms with van der Waals surface area (Å²) in [5.74, 6) is 0.423. The van der Waals surface area contributed by atoms with Crippen LogP contribution in [0.5, 0.6) is 0 Å². The van der Waals surface area contributed by atoms with Gasteiger partial charge in [-0.15, -0.1) is 11.3 Å². The summed E-state index contributed by atoms with van der Waals surface area (Å²) in [6.07, 6.45) is 6.15. The number of thiazole rings is 1. The number of carbonyl (C=O) groups excluding carboxylic acids is 3. The highest BCUT2D eigenvalue weighted by molar-refractivity contribution is 7.13. The minimum Gasteiger partial charge on any atom is -0.391 e. The second kappa shape index (κ2) is 24.8. The number of aliphatic hydroxyl groups is 1. The smallest absolute Gasteiger partial charge is 0.243 e. The van der Waals surface area contributed by atoms with Crippen LogP contribution in [0.25, 0.3) is 16.1 Å². The first-order chi connectivity index (χ1) is 31.4. The second-order valence-electron chi connectivity index (χ2n) is 17.9. The Morgan fingerprint density at radius 3 is 2.29 bits per heavy atom. The number of nitrogens with one attached hydrogen (secondary N) is 4. The van der Waals surface area contributed by atoms with Crippen molar-refractivity contribution in [3.8, 4) is 10.4 Å². The van der Waals surface area contributed by atoms with E-state index in [1.54, 1.807) is 17.5 Å². The Bertz CT molecular complexity index is 2110. The Balaban J connectivity index is 0.770. The molecule has 0 bridgehead atoms. The summed E-state index contributed by atoms with van der Waals surface area (Å²) >= 11 is 1.59. The molecule has 17 nitrogen and oxygen atoms in total. The van der Waals surface area contributed by atoms with Crippen LogP contribution >= 0.6 is 11.3 Å². The van der Waals surface area contributed by atoms with E-state index in [0.717, 1.165) is 71.0 Å². The zero-order valence-corrected chi connectivity index (χ0v) is 39.5. The molecule has 1 saturated carbocycles. The first-order valence-corrected chi connectivity index (χ1v) is 24.0. The Morgan fingerprint density at radius 2 is 1.62 bits per heavy atom. The van der Waals surface area contributed by atoms with E-state index in [4.69, 9.17) is 18.9 Å². The molecular weight excluding hydrogens is 851 g/mol. The van der Waals surface area contributed by atoms with E-state index in [1.807, 2.05) is 68.1 Å². The maximum atomic E-state index is 13.9. The molecule has 4 aromatic rings. The standard InChI is InChI=1S/C47H69N9O8S/c1-6-7-35-27-41(56-40(52-35)14-16-51-56)53-36-12-13-37(26-36)54-42(58)15-18-61-20-22-63-24-25-64-23-21-62-19-17-48-44(47(3,4)5)46(60)55-30-38(57)28-39(55)45(59)49-29-33-8-10-34(11-9-33)43-32(2)50-31-65-43/h8-11,14,16,27,31,36-39,44,48,53,57H,6-7,12-13,15,17-26,28-30H2,1-5H3,(H,49,59)(H,54,58)/t36-,37-,38-,39+,44?/m1/s1. The average Bonchev–Trinajstić information content (AvgIpc) is 4.11. The first kappa shape index (κ1) is 49.9. The number of carbonyl (C=O) groups is 3. The third-order valence-corrected chi connectivity index (χ3v) is 12.6. The number of hydrogen-bond acceptors (Lipinski definition) is 14. The van der Waals surface area contributed by atoms with Crippen LogP contribution in [0.1, 0.15) is 83.2 Å². The third kappa shape index (κ3) is 15.0. The molecule has 1 aliphatic heterocycles. The molecular formula is C47H69N9O8S. The molecule has 2 fully saturated rings. The van der Waals surface area contributed by atoms with Gasteiger partial charge in [0.2, 0.25) is 17.7 Å². The van der Waals surface area contributed by atoms with Gasteiger partial charge in [0, 0.05) is 62.4 Å². The van der Waals surface area contributed by atoms with Crippen molar-refractivity contribution in [3.63, 3.8) is 0 Å². The summed E-state index contributed by atoms with van der Waals surface area (Å²) in [7, 11) is 0. The molecule has 2 aliphatic rings. The summed E-state index contributed by atoms with van der Waals surface area (Å²) < 4.78 is 24.4. The van der Waals surface area contributed by atoms with Gasteiger partial charge in [-0.3, -0.25) is 14.4 Å². The lowest BCUT2D eigenvalue weighted by atomic mass is 9.85. The number of fused-ring (bicyclic) bond motifs is 1. The van der Waals surface area contributed by atoms with Gasteiger partial charge < -0.3 is 50.2 Å². The van der Waals surface area contributed by atoms with Gasteiger partial charge in [-0.25, -0.2) is 9.97 Å². The molecule has 0 radical (unpaired) electrons. The highest BCUT2D eigenvalue weighted by Crippen LogP contribution is 2.29. The molecule has 18 heteroatoms. The van der Waals surface area contributed by atoms with E-state index in [0.29, 0.717) is 72.4 Å². The maximum Gasteiger partial charge on any atom is 0.243 e. The molecule has 4 heterocycles. The Hall–Kier alpha value is -4.56. The number of aromatic nitrogens is 4. The highest BCUT2D eigenvalue weighted by atomic mass is 32.1. The molecule has 1 aromatic carbocycles. The van der Waals surface area contributed by atoms with E-state index in [-0.39, 0.29) is 42.8 Å². The van der Waals surface area contributed by atoms with E-state index in [1.165, 1.54) is 4.90 Å². The van der Waals surface area contributed by atoms with Crippen LogP contribution in [0.2, 0.25) is 0 Å². The lowest BCUT2D eigenvalue weighted by Crippen LogP contribution is -2.57. The molecule has 3 amide bonds. The molecule has 6 rings (SSSR count). The topological polar surface area (TPSA) is 203 Å². The van der Waals surface area contributed by atoms with Gasteiger partial charge >= 0.3 is 0 Å². The van der Waals surface area contributed by atoms with Crippen LogP contribution < -0.4 is 21.3 Å². The number of rotatable bonds is 26. The van der Waals surface area contributed by atoms with Gasteiger partial charge in [0.05, 0.1) is 87.3 Å². The van der Waals surface area contributed by atoms with Crippen molar-refractivity contribution < 1.29 is 38.4 Å². The lowest BCUT2D eigenvalue weighted by molar-refractivity contribution is -0.142. The van der Waals surface area contributed by atoms with Crippen LogP contribution in [0.15, 0.2) is 48.1 Å². The number of hydrogen-bond donors (Lipinski definition) is 5. The Kier molecular flexibility index (Phi) is 19.0. The first-order valence-electron chi connectivity index (χ1n) is 23.1. The van der Waals surface area contributed by atoms with Crippen LogP contribution in [-0.2, 0) is 46.3 Å². The minimum absolute atomic E-state index is 0.0101.